The van der Waals surface area contributed by atoms with Crippen LogP contribution in [0.3, 0.4) is 0 Å². The standard InChI is InChI=1S/C17H28N2/c1-14-7-6-8-15(11-14)16-12-17(13-16)18-9-4-5-10-19(2)3/h6-8,11,16-18H,4-5,9-10,12-13H2,1-3H3. The number of benzene rings is 1. The molecule has 0 spiro atoms. The lowest BCUT2D eigenvalue weighted by Gasteiger charge is -2.36. The number of hydrogen-bond donors (Lipinski definition) is 1. The Morgan fingerprint density at radius 1 is 1.21 bits per heavy atom. The van der Waals surface area contributed by atoms with Crippen molar-refractivity contribution in [3.63, 3.8) is 0 Å². The van der Waals surface area contributed by atoms with Crippen molar-refractivity contribution in [3.8, 4) is 0 Å². The summed E-state index contributed by atoms with van der Waals surface area (Å²) in [6.45, 7) is 4.57. The molecule has 0 heterocycles. The topological polar surface area (TPSA) is 15.3 Å². The van der Waals surface area contributed by atoms with Crippen molar-refractivity contribution in [2.45, 2.75) is 44.6 Å². The molecule has 1 aromatic carbocycles. The summed E-state index contributed by atoms with van der Waals surface area (Å²) in [6.07, 6.45) is 5.23. The van der Waals surface area contributed by atoms with Gasteiger partial charge in [0.05, 0.1) is 0 Å². The van der Waals surface area contributed by atoms with Gasteiger partial charge >= 0.3 is 0 Å². The molecule has 1 aromatic rings. The Hall–Kier alpha value is -0.860. The Balaban J connectivity index is 1.59. The predicted molar refractivity (Wildman–Crippen MR) is 82.7 cm³/mol. The molecule has 1 N–H and O–H groups in total. The molecule has 2 rings (SSSR count). The Bertz CT molecular complexity index is 381. The number of rotatable bonds is 7. The molecule has 0 unspecified atom stereocenters. The fourth-order valence-corrected chi connectivity index (χ4v) is 2.84. The largest absolute Gasteiger partial charge is 0.314 e. The first-order valence-corrected chi connectivity index (χ1v) is 7.60. The Morgan fingerprint density at radius 2 is 2.00 bits per heavy atom. The van der Waals surface area contributed by atoms with Crippen LogP contribution in [-0.4, -0.2) is 38.1 Å². The minimum atomic E-state index is 0.755. The van der Waals surface area contributed by atoms with Gasteiger partial charge in [-0.2, -0.15) is 0 Å². The second-order valence-electron chi connectivity index (χ2n) is 6.24. The maximum Gasteiger partial charge on any atom is 0.00787 e. The van der Waals surface area contributed by atoms with Crippen LogP contribution in [0.15, 0.2) is 24.3 Å². The normalized spacial score (nSPS) is 22.5. The smallest absolute Gasteiger partial charge is 0.00787 e. The third kappa shape index (κ3) is 4.63. The van der Waals surface area contributed by atoms with Crippen molar-refractivity contribution >= 4 is 0 Å². The highest BCUT2D eigenvalue weighted by Gasteiger charge is 2.29. The zero-order valence-corrected chi connectivity index (χ0v) is 12.7. The molecule has 2 heteroatoms. The summed E-state index contributed by atoms with van der Waals surface area (Å²) in [6, 6.07) is 9.75. The highest BCUT2D eigenvalue weighted by atomic mass is 15.0. The number of unbranched alkanes of at least 4 members (excludes halogenated alkanes) is 1. The molecule has 1 saturated carbocycles. The van der Waals surface area contributed by atoms with Crippen molar-refractivity contribution in [3.05, 3.63) is 35.4 Å². The molecule has 0 amide bonds. The molecular weight excluding hydrogens is 232 g/mol. The second kappa shape index (κ2) is 7.06. The SMILES string of the molecule is Cc1cccc(C2CC(NCCCCN(C)C)C2)c1. The number of hydrogen-bond acceptors (Lipinski definition) is 2. The fraction of sp³-hybridized carbons (Fsp3) is 0.647. The molecule has 1 fully saturated rings. The van der Waals surface area contributed by atoms with E-state index in [9.17, 15) is 0 Å². The molecule has 1 aliphatic carbocycles. The molecule has 0 radical (unpaired) electrons. The van der Waals surface area contributed by atoms with Crippen molar-refractivity contribution in [1.82, 2.24) is 10.2 Å². The Kier molecular flexibility index (Phi) is 5.41. The maximum atomic E-state index is 3.69. The van der Waals surface area contributed by atoms with Crippen molar-refractivity contribution in [2.75, 3.05) is 27.2 Å². The highest BCUT2D eigenvalue weighted by Crippen LogP contribution is 2.36. The lowest BCUT2D eigenvalue weighted by molar-refractivity contribution is 0.287. The van der Waals surface area contributed by atoms with Crippen LogP contribution in [0.5, 0.6) is 0 Å². The van der Waals surface area contributed by atoms with E-state index >= 15 is 0 Å². The first-order valence-electron chi connectivity index (χ1n) is 7.60. The van der Waals surface area contributed by atoms with Crippen LogP contribution < -0.4 is 5.32 Å². The monoisotopic (exact) mass is 260 g/mol. The maximum absolute atomic E-state index is 3.69. The van der Waals surface area contributed by atoms with E-state index in [4.69, 9.17) is 0 Å². The van der Waals surface area contributed by atoms with Crippen molar-refractivity contribution < 1.29 is 0 Å². The average Bonchev–Trinajstić information content (AvgIpc) is 2.30. The van der Waals surface area contributed by atoms with Gasteiger partial charge in [-0.15, -0.1) is 0 Å². The van der Waals surface area contributed by atoms with E-state index < -0.39 is 0 Å². The zero-order valence-electron chi connectivity index (χ0n) is 12.7. The average molecular weight is 260 g/mol. The van der Waals surface area contributed by atoms with Crippen molar-refractivity contribution in [1.29, 1.82) is 0 Å². The molecule has 19 heavy (non-hydrogen) atoms. The lowest BCUT2D eigenvalue weighted by Crippen LogP contribution is -2.40. The van der Waals surface area contributed by atoms with Crippen molar-refractivity contribution in [2.24, 2.45) is 0 Å². The van der Waals surface area contributed by atoms with E-state index in [-0.39, 0.29) is 0 Å². The van der Waals surface area contributed by atoms with E-state index in [1.165, 1.54) is 49.9 Å². The summed E-state index contributed by atoms with van der Waals surface area (Å²) in [5, 5.41) is 3.69. The molecule has 0 bridgehead atoms. The number of nitrogens with one attached hydrogen (secondary N) is 1. The molecule has 0 aliphatic heterocycles. The Labute approximate surface area is 118 Å². The second-order valence-corrected chi connectivity index (χ2v) is 6.24. The van der Waals surface area contributed by atoms with Gasteiger partial charge in [0.15, 0.2) is 0 Å². The van der Waals surface area contributed by atoms with E-state index in [1.807, 2.05) is 0 Å². The van der Waals surface area contributed by atoms with E-state index in [0.29, 0.717) is 0 Å². The van der Waals surface area contributed by atoms with Gasteiger partial charge in [-0.3, -0.25) is 0 Å². The van der Waals surface area contributed by atoms with Crippen LogP contribution in [0.4, 0.5) is 0 Å². The first-order chi connectivity index (χ1) is 9.15. The zero-order chi connectivity index (χ0) is 13.7. The van der Waals surface area contributed by atoms with Gasteiger partial charge in [-0.1, -0.05) is 29.8 Å². The van der Waals surface area contributed by atoms with Gasteiger partial charge < -0.3 is 10.2 Å². The first kappa shape index (κ1) is 14.5. The fourth-order valence-electron chi connectivity index (χ4n) is 2.84. The summed E-state index contributed by atoms with van der Waals surface area (Å²) in [5.74, 6) is 0.791. The predicted octanol–water partition coefficient (Wildman–Crippen LogP) is 3.17. The third-order valence-corrected chi connectivity index (χ3v) is 4.12. The van der Waals surface area contributed by atoms with Crippen LogP contribution in [0, 0.1) is 6.92 Å². The summed E-state index contributed by atoms with van der Waals surface area (Å²) in [4.78, 5) is 2.26. The van der Waals surface area contributed by atoms with Crippen LogP contribution in [0.2, 0.25) is 0 Å². The summed E-state index contributed by atoms with van der Waals surface area (Å²) in [7, 11) is 4.29. The number of nitrogens with zero attached hydrogens (tertiary/aromatic N) is 1. The van der Waals surface area contributed by atoms with Gasteiger partial charge in [0.25, 0.3) is 0 Å². The molecular formula is C17H28N2. The van der Waals surface area contributed by atoms with Gasteiger partial charge in [0.1, 0.15) is 0 Å². The minimum absolute atomic E-state index is 0.755. The summed E-state index contributed by atoms with van der Waals surface area (Å²) in [5.41, 5.74) is 2.92. The van der Waals surface area contributed by atoms with E-state index in [2.05, 4.69) is 55.5 Å². The minimum Gasteiger partial charge on any atom is -0.314 e. The van der Waals surface area contributed by atoms with Crippen LogP contribution in [0.25, 0.3) is 0 Å². The third-order valence-electron chi connectivity index (χ3n) is 4.12. The van der Waals surface area contributed by atoms with E-state index in [0.717, 1.165) is 12.0 Å². The molecule has 0 saturated heterocycles. The van der Waals surface area contributed by atoms with Crippen LogP contribution in [-0.2, 0) is 0 Å². The van der Waals surface area contributed by atoms with Crippen LogP contribution in [0.1, 0.15) is 42.7 Å². The Morgan fingerprint density at radius 3 is 2.68 bits per heavy atom. The number of aryl methyl sites for hydroxylation is 1. The van der Waals surface area contributed by atoms with Gasteiger partial charge in [0, 0.05) is 6.04 Å². The summed E-state index contributed by atoms with van der Waals surface area (Å²) >= 11 is 0. The summed E-state index contributed by atoms with van der Waals surface area (Å²) < 4.78 is 0. The van der Waals surface area contributed by atoms with Crippen LogP contribution >= 0.6 is 0 Å². The highest BCUT2D eigenvalue weighted by molar-refractivity contribution is 5.27. The van der Waals surface area contributed by atoms with E-state index in [1.54, 1.807) is 0 Å². The molecule has 0 aromatic heterocycles. The molecule has 0 atom stereocenters. The molecule has 2 nitrogen and oxygen atoms in total. The quantitative estimate of drug-likeness (QED) is 0.758. The molecule has 1 aliphatic rings. The van der Waals surface area contributed by atoms with Gasteiger partial charge in [-0.25, -0.2) is 0 Å². The molecule has 106 valence electrons. The lowest BCUT2D eigenvalue weighted by atomic mass is 9.75. The van der Waals surface area contributed by atoms with Gasteiger partial charge in [0.2, 0.25) is 0 Å². The van der Waals surface area contributed by atoms with Gasteiger partial charge in [-0.05, 0) is 71.3 Å².